The number of aromatic nitrogens is 1. The molecule has 0 saturated carbocycles. The average Bonchev–Trinajstić information content (AvgIpc) is 3.52. The van der Waals surface area contributed by atoms with Gasteiger partial charge in [0.05, 0.1) is 24.9 Å². The van der Waals surface area contributed by atoms with Crippen molar-refractivity contribution < 1.29 is 18.7 Å². The summed E-state index contributed by atoms with van der Waals surface area (Å²) in [5, 5.41) is 3.51. The van der Waals surface area contributed by atoms with Crippen LogP contribution >= 0.6 is 11.3 Å². The number of amides is 1. The molecule has 2 aliphatic rings. The minimum Gasteiger partial charge on any atom is -0.372 e. The lowest BCUT2D eigenvalue weighted by Crippen LogP contribution is -2.57. The van der Waals surface area contributed by atoms with Crippen molar-refractivity contribution in [2.45, 2.75) is 44.0 Å². The third-order valence-electron chi connectivity index (χ3n) is 6.75. The highest BCUT2D eigenvalue weighted by atomic mass is 32.1. The highest BCUT2D eigenvalue weighted by Gasteiger charge is 2.47. The first-order valence-corrected chi connectivity index (χ1v) is 12.9. The predicted molar refractivity (Wildman–Crippen MR) is 134 cm³/mol. The first-order valence-electron chi connectivity index (χ1n) is 12.1. The second kappa shape index (κ2) is 11.0. The Hall–Kier alpha value is -2.65. The number of hydrogen-bond acceptors (Lipinski definition) is 6. The smallest absolute Gasteiger partial charge is 0.240 e. The molecule has 6 nitrogen and oxygen atoms in total. The molecule has 2 aromatic carbocycles. The van der Waals surface area contributed by atoms with E-state index in [9.17, 15) is 9.18 Å². The van der Waals surface area contributed by atoms with Crippen LogP contribution in [0.15, 0.2) is 60.8 Å². The Balaban J connectivity index is 1.15. The zero-order valence-corrected chi connectivity index (χ0v) is 20.4. The number of benzene rings is 2. The van der Waals surface area contributed by atoms with Crippen LogP contribution in [0, 0.1) is 5.82 Å². The van der Waals surface area contributed by atoms with Gasteiger partial charge in [-0.3, -0.25) is 9.69 Å². The minimum absolute atomic E-state index is 0.0751. The first kappa shape index (κ1) is 24.1. The number of anilines is 1. The average molecular weight is 496 g/mol. The molecule has 2 aliphatic heterocycles. The van der Waals surface area contributed by atoms with Crippen molar-refractivity contribution in [1.82, 2.24) is 9.88 Å². The Morgan fingerprint density at radius 3 is 2.77 bits per heavy atom. The monoisotopic (exact) mass is 495 g/mol. The van der Waals surface area contributed by atoms with E-state index in [0.29, 0.717) is 24.7 Å². The number of nitrogens with one attached hydrogen (secondary N) is 1. The third-order valence-corrected chi connectivity index (χ3v) is 7.66. The van der Waals surface area contributed by atoms with Gasteiger partial charge in [0.1, 0.15) is 5.82 Å². The molecule has 0 aliphatic carbocycles. The van der Waals surface area contributed by atoms with Gasteiger partial charge >= 0.3 is 0 Å². The van der Waals surface area contributed by atoms with Crippen LogP contribution in [0.4, 0.5) is 9.52 Å². The second-order valence-electron chi connectivity index (χ2n) is 9.27. The molecule has 5 rings (SSSR count). The van der Waals surface area contributed by atoms with Gasteiger partial charge in [0, 0.05) is 37.2 Å². The van der Waals surface area contributed by atoms with Crippen molar-refractivity contribution in [2.24, 2.45) is 0 Å². The highest BCUT2D eigenvalue weighted by molar-refractivity contribution is 7.15. The fraction of sp³-hybridized carbons (Fsp3) is 0.407. The maximum atomic E-state index is 13.1. The Labute approximate surface area is 209 Å². The molecule has 3 heterocycles. The molecular formula is C27H30FN3O3S. The van der Waals surface area contributed by atoms with Crippen molar-refractivity contribution in [3.63, 3.8) is 0 Å². The van der Waals surface area contributed by atoms with Gasteiger partial charge in [-0.2, -0.15) is 0 Å². The molecule has 3 aromatic rings. The number of thiazole rings is 1. The normalized spacial score (nSPS) is 22.5. The van der Waals surface area contributed by atoms with Crippen LogP contribution < -0.4 is 5.32 Å². The third kappa shape index (κ3) is 6.13. The predicted octanol–water partition coefficient (Wildman–Crippen LogP) is 4.65. The summed E-state index contributed by atoms with van der Waals surface area (Å²) in [5.74, 6) is -0.334. The van der Waals surface area contributed by atoms with Crippen molar-refractivity contribution in [1.29, 1.82) is 0 Å². The largest absolute Gasteiger partial charge is 0.372 e. The zero-order valence-electron chi connectivity index (χ0n) is 19.6. The zero-order chi connectivity index (χ0) is 24.1. The minimum atomic E-state index is -0.248. The lowest BCUT2D eigenvalue weighted by atomic mass is 9.85. The van der Waals surface area contributed by atoms with E-state index in [0.717, 1.165) is 48.4 Å². The van der Waals surface area contributed by atoms with E-state index in [4.69, 9.17) is 9.47 Å². The summed E-state index contributed by atoms with van der Waals surface area (Å²) in [4.78, 5) is 20.3. The van der Waals surface area contributed by atoms with Crippen LogP contribution in [-0.4, -0.2) is 53.7 Å². The topological polar surface area (TPSA) is 63.7 Å². The van der Waals surface area contributed by atoms with Gasteiger partial charge in [-0.1, -0.05) is 42.5 Å². The Kier molecular flexibility index (Phi) is 7.53. The quantitative estimate of drug-likeness (QED) is 0.493. The van der Waals surface area contributed by atoms with E-state index in [2.05, 4.69) is 27.3 Å². The van der Waals surface area contributed by atoms with Crippen LogP contribution in [0.5, 0.6) is 0 Å². The van der Waals surface area contributed by atoms with Crippen LogP contribution in [-0.2, 0) is 27.3 Å². The van der Waals surface area contributed by atoms with Crippen LogP contribution in [0.25, 0.3) is 0 Å². The van der Waals surface area contributed by atoms with E-state index in [-0.39, 0.29) is 30.0 Å². The second-order valence-corrected chi connectivity index (χ2v) is 10.4. The fourth-order valence-corrected chi connectivity index (χ4v) is 5.77. The lowest BCUT2D eigenvalue weighted by Gasteiger charge is -2.44. The van der Waals surface area contributed by atoms with Crippen LogP contribution in [0.3, 0.4) is 0 Å². The van der Waals surface area contributed by atoms with Crippen molar-refractivity contribution >= 4 is 22.4 Å². The summed E-state index contributed by atoms with van der Waals surface area (Å²) < 4.78 is 25.7. The summed E-state index contributed by atoms with van der Waals surface area (Å²) in [5.41, 5.74) is 1.90. The first-order chi connectivity index (χ1) is 17.1. The van der Waals surface area contributed by atoms with Gasteiger partial charge in [0.2, 0.25) is 5.91 Å². The van der Waals surface area contributed by atoms with Crippen molar-refractivity contribution in [3.8, 4) is 0 Å². The molecule has 2 saturated heterocycles. The number of halogens is 1. The summed E-state index contributed by atoms with van der Waals surface area (Å²) in [6.45, 7) is 3.05. The molecule has 2 fully saturated rings. The number of carbonyl (C=O) groups is 1. The maximum Gasteiger partial charge on any atom is 0.240 e. The van der Waals surface area contributed by atoms with Gasteiger partial charge in [-0.25, -0.2) is 9.37 Å². The molecule has 0 bridgehead atoms. The maximum absolute atomic E-state index is 13.1. The summed E-state index contributed by atoms with van der Waals surface area (Å²) >= 11 is 1.44. The molecule has 35 heavy (non-hydrogen) atoms. The summed E-state index contributed by atoms with van der Waals surface area (Å²) in [7, 11) is 0. The molecule has 0 unspecified atom stereocenters. The summed E-state index contributed by atoms with van der Waals surface area (Å²) in [6.07, 6.45) is 5.26. The number of nitrogens with zero attached hydrogens (tertiary/aromatic N) is 2. The van der Waals surface area contributed by atoms with Crippen molar-refractivity contribution in [2.75, 3.05) is 31.6 Å². The molecule has 2 atom stereocenters. The van der Waals surface area contributed by atoms with Gasteiger partial charge in [0.15, 0.2) is 5.13 Å². The van der Waals surface area contributed by atoms with Crippen LogP contribution in [0.2, 0.25) is 0 Å². The van der Waals surface area contributed by atoms with E-state index in [1.165, 1.54) is 23.5 Å². The molecule has 0 radical (unpaired) electrons. The standard InChI is InChI=1S/C27H30FN3O3S/c28-22-9-7-20(8-10-22)15-23-16-29-26(35-23)30-25(32)18-31-13-12-27(11-4-14-34-27)24(17-31)33-19-21-5-2-1-3-6-21/h1-3,5-10,16,24H,4,11-15,17-19H2,(H,29,30,32)/t24-,27+/m1/s1. The summed E-state index contributed by atoms with van der Waals surface area (Å²) in [6, 6.07) is 16.6. The number of piperidine rings is 1. The van der Waals surface area contributed by atoms with Gasteiger partial charge in [0.25, 0.3) is 0 Å². The Morgan fingerprint density at radius 1 is 1.17 bits per heavy atom. The number of rotatable bonds is 8. The molecular weight excluding hydrogens is 465 g/mol. The number of ether oxygens (including phenoxy) is 2. The molecule has 1 N–H and O–H groups in total. The van der Waals surface area contributed by atoms with E-state index >= 15 is 0 Å². The van der Waals surface area contributed by atoms with Crippen LogP contribution in [0.1, 0.15) is 35.3 Å². The number of hydrogen-bond donors (Lipinski definition) is 1. The van der Waals surface area contributed by atoms with E-state index in [1.807, 2.05) is 18.2 Å². The molecule has 8 heteroatoms. The Morgan fingerprint density at radius 2 is 2.00 bits per heavy atom. The molecule has 184 valence electrons. The fourth-order valence-electron chi connectivity index (χ4n) is 4.90. The van der Waals surface area contributed by atoms with Gasteiger partial charge < -0.3 is 14.8 Å². The molecule has 1 amide bonds. The van der Waals surface area contributed by atoms with Crippen molar-refractivity contribution in [3.05, 3.63) is 82.6 Å². The lowest BCUT2D eigenvalue weighted by molar-refractivity contribution is -0.159. The number of likely N-dealkylation sites (tertiary alicyclic amines) is 1. The van der Waals surface area contributed by atoms with Gasteiger partial charge in [-0.05, 0) is 42.5 Å². The molecule has 1 spiro atoms. The SMILES string of the molecule is O=C(CN1CC[C@@]2(CCCO2)[C@H](OCc2ccccc2)C1)Nc1ncc(Cc2ccc(F)cc2)s1. The van der Waals surface area contributed by atoms with Gasteiger partial charge in [-0.15, -0.1) is 11.3 Å². The van der Waals surface area contributed by atoms with E-state index < -0.39 is 0 Å². The molecule has 1 aromatic heterocycles. The number of carbonyl (C=O) groups excluding carboxylic acids is 1. The highest BCUT2D eigenvalue weighted by Crippen LogP contribution is 2.38. The van der Waals surface area contributed by atoms with E-state index in [1.54, 1.807) is 18.3 Å². The Bertz CT molecular complexity index is 1120.